The fraction of sp³-hybridized carbons (Fsp3) is 0.190. The van der Waals surface area contributed by atoms with Gasteiger partial charge in [-0.1, -0.05) is 18.2 Å². The van der Waals surface area contributed by atoms with Crippen molar-refractivity contribution in [3.05, 3.63) is 71.9 Å². The highest BCUT2D eigenvalue weighted by Crippen LogP contribution is 2.34. The molecule has 5 rings (SSSR count). The van der Waals surface area contributed by atoms with Gasteiger partial charge < -0.3 is 9.88 Å². The number of benzene rings is 1. The maximum Gasteiger partial charge on any atom is 0.270 e. The molecule has 1 atom stereocenters. The fourth-order valence-electron chi connectivity index (χ4n) is 3.91. The number of amides is 1. The lowest BCUT2D eigenvalue weighted by Gasteiger charge is -2.25. The van der Waals surface area contributed by atoms with Crippen molar-refractivity contribution in [1.29, 1.82) is 0 Å². The highest BCUT2D eigenvalue weighted by Gasteiger charge is 2.32. The van der Waals surface area contributed by atoms with Crippen LogP contribution in [0.15, 0.2) is 54.9 Å². The van der Waals surface area contributed by atoms with Crippen LogP contribution < -0.4 is 0 Å². The number of H-pyrrole nitrogens is 2. The Hall–Kier alpha value is -3.48. The third-order valence-electron chi connectivity index (χ3n) is 5.28. The van der Waals surface area contributed by atoms with Gasteiger partial charge in [0, 0.05) is 29.3 Å². The van der Waals surface area contributed by atoms with Crippen molar-refractivity contribution in [2.24, 2.45) is 0 Å². The Balaban J connectivity index is 1.47. The second-order valence-electron chi connectivity index (χ2n) is 6.98. The quantitative estimate of drug-likeness (QED) is 0.567. The van der Waals surface area contributed by atoms with Gasteiger partial charge in [0.15, 0.2) is 0 Å². The van der Waals surface area contributed by atoms with E-state index in [9.17, 15) is 9.18 Å². The van der Waals surface area contributed by atoms with Crippen molar-refractivity contribution in [3.8, 4) is 11.3 Å². The minimum absolute atomic E-state index is 0.131. The first kappa shape index (κ1) is 16.7. The molecule has 0 spiro atoms. The highest BCUT2D eigenvalue weighted by atomic mass is 19.1. The van der Waals surface area contributed by atoms with E-state index in [0.717, 1.165) is 29.5 Å². The third kappa shape index (κ3) is 2.76. The molecule has 2 N–H and O–H groups in total. The van der Waals surface area contributed by atoms with Crippen molar-refractivity contribution in [3.63, 3.8) is 0 Å². The molecule has 1 aliphatic rings. The van der Waals surface area contributed by atoms with Crippen LogP contribution in [0, 0.1) is 5.82 Å². The summed E-state index contributed by atoms with van der Waals surface area (Å²) in [7, 11) is 0. The minimum Gasteiger partial charge on any atom is -0.335 e. The van der Waals surface area contributed by atoms with Gasteiger partial charge in [-0.25, -0.2) is 9.37 Å². The van der Waals surface area contributed by atoms with Crippen molar-refractivity contribution in [1.82, 2.24) is 25.1 Å². The first-order valence-corrected chi connectivity index (χ1v) is 9.25. The van der Waals surface area contributed by atoms with E-state index in [2.05, 4.69) is 20.2 Å². The standard InChI is InChI=1S/C21H18FN5O/c22-16-5-2-1-4-15(16)19-6-3-9-27(19)21(28)18-10-13-7-8-17(25-20(13)26-18)14-11-23-24-12-14/h1-2,4-5,7-8,10-12,19H,3,6,9H2,(H,23,24)(H,25,26)/t19-/m1/s1. The average molecular weight is 375 g/mol. The molecule has 0 saturated carbocycles. The number of carbonyl (C=O) groups is 1. The van der Waals surface area contributed by atoms with Gasteiger partial charge in [0.2, 0.25) is 0 Å². The number of pyridine rings is 1. The molecule has 3 aromatic heterocycles. The first-order chi connectivity index (χ1) is 13.7. The lowest BCUT2D eigenvalue weighted by atomic mass is 10.0. The van der Waals surface area contributed by atoms with Gasteiger partial charge >= 0.3 is 0 Å². The molecule has 0 aliphatic carbocycles. The van der Waals surface area contributed by atoms with Crippen LogP contribution in [0.25, 0.3) is 22.3 Å². The van der Waals surface area contributed by atoms with Crippen LogP contribution in [0.5, 0.6) is 0 Å². The van der Waals surface area contributed by atoms with Crippen LogP contribution in [0.3, 0.4) is 0 Å². The monoisotopic (exact) mass is 375 g/mol. The Labute approximate surface area is 160 Å². The lowest BCUT2D eigenvalue weighted by Crippen LogP contribution is -2.31. The summed E-state index contributed by atoms with van der Waals surface area (Å²) >= 11 is 0. The molecule has 1 saturated heterocycles. The highest BCUT2D eigenvalue weighted by molar-refractivity contribution is 5.98. The molecule has 0 bridgehead atoms. The summed E-state index contributed by atoms with van der Waals surface area (Å²) in [5.41, 5.74) is 3.33. The number of aromatic amines is 2. The minimum atomic E-state index is -0.268. The van der Waals surface area contributed by atoms with Crippen molar-refractivity contribution in [2.75, 3.05) is 6.54 Å². The fourth-order valence-corrected chi connectivity index (χ4v) is 3.91. The number of rotatable bonds is 3. The van der Waals surface area contributed by atoms with Gasteiger partial charge in [-0.15, -0.1) is 0 Å². The van der Waals surface area contributed by atoms with E-state index in [1.807, 2.05) is 18.2 Å². The maximum absolute atomic E-state index is 14.3. The van der Waals surface area contributed by atoms with E-state index < -0.39 is 0 Å². The second kappa shape index (κ2) is 6.60. The molecule has 1 amide bonds. The number of hydrogen-bond acceptors (Lipinski definition) is 3. The summed E-state index contributed by atoms with van der Waals surface area (Å²) in [6, 6.07) is 12.1. The zero-order valence-corrected chi connectivity index (χ0v) is 15.0. The second-order valence-corrected chi connectivity index (χ2v) is 6.98. The van der Waals surface area contributed by atoms with Crippen LogP contribution in [0.1, 0.15) is 34.9 Å². The van der Waals surface area contributed by atoms with E-state index >= 15 is 0 Å². The molecule has 140 valence electrons. The van der Waals surface area contributed by atoms with Crippen molar-refractivity contribution in [2.45, 2.75) is 18.9 Å². The Kier molecular flexibility index (Phi) is 3.93. The maximum atomic E-state index is 14.3. The summed E-state index contributed by atoms with van der Waals surface area (Å²) in [4.78, 5) is 22.6. The molecule has 1 aromatic carbocycles. The number of likely N-dealkylation sites (tertiary alicyclic amines) is 1. The molecule has 4 aromatic rings. The molecule has 1 fully saturated rings. The van der Waals surface area contributed by atoms with Gasteiger partial charge in [0.25, 0.3) is 5.91 Å². The van der Waals surface area contributed by atoms with E-state index in [0.29, 0.717) is 23.4 Å². The van der Waals surface area contributed by atoms with E-state index in [1.165, 1.54) is 6.07 Å². The Morgan fingerprint density at radius 3 is 2.93 bits per heavy atom. The Bertz CT molecular complexity index is 1150. The summed E-state index contributed by atoms with van der Waals surface area (Å²) in [6.07, 6.45) is 5.09. The van der Waals surface area contributed by atoms with E-state index in [-0.39, 0.29) is 17.8 Å². The molecule has 28 heavy (non-hydrogen) atoms. The summed E-state index contributed by atoms with van der Waals surface area (Å²) in [5.74, 6) is -0.399. The van der Waals surface area contributed by atoms with Gasteiger partial charge in [0.05, 0.1) is 17.9 Å². The predicted molar refractivity (Wildman–Crippen MR) is 103 cm³/mol. The normalized spacial score (nSPS) is 16.8. The first-order valence-electron chi connectivity index (χ1n) is 9.25. The zero-order valence-electron chi connectivity index (χ0n) is 15.0. The molecular formula is C21H18FN5O. The van der Waals surface area contributed by atoms with Crippen molar-refractivity contribution < 1.29 is 9.18 Å². The van der Waals surface area contributed by atoms with Crippen molar-refractivity contribution >= 4 is 16.9 Å². The number of fused-ring (bicyclic) bond motifs is 1. The van der Waals surface area contributed by atoms with E-state index in [1.54, 1.807) is 35.5 Å². The van der Waals surface area contributed by atoms with E-state index in [4.69, 9.17) is 0 Å². The molecule has 0 radical (unpaired) electrons. The molecule has 1 aliphatic heterocycles. The number of hydrogen-bond donors (Lipinski definition) is 2. The van der Waals surface area contributed by atoms with Gasteiger partial charge in [-0.2, -0.15) is 5.10 Å². The average Bonchev–Trinajstić information content (AvgIpc) is 3.47. The van der Waals surface area contributed by atoms with Gasteiger partial charge in [-0.3, -0.25) is 9.89 Å². The largest absolute Gasteiger partial charge is 0.335 e. The molecular weight excluding hydrogens is 357 g/mol. The third-order valence-corrected chi connectivity index (χ3v) is 5.28. The molecule has 7 heteroatoms. The molecule has 0 unspecified atom stereocenters. The number of aromatic nitrogens is 4. The van der Waals surface area contributed by atoms with Gasteiger partial charge in [0.1, 0.15) is 17.2 Å². The number of nitrogens with one attached hydrogen (secondary N) is 2. The number of carbonyl (C=O) groups excluding carboxylic acids is 1. The topological polar surface area (TPSA) is 77.7 Å². The van der Waals surface area contributed by atoms with Crippen LogP contribution in [0.2, 0.25) is 0 Å². The number of nitrogens with zero attached hydrogens (tertiary/aromatic N) is 3. The predicted octanol–water partition coefficient (Wildman–Crippen LogP) is 4.07. The Morgan fingerprint density at radius 1 is 1.21 bits per heavy atom. The van der Waals surface area contributed by atoms with Crippen LogP contribution in [0.4, 0.5) is 4.39 Å². The lowest BCUT2D eigenvalue weighted by molar-refractivity contribution is 0.0728. The summed E-state index contributed by atoms with van der Waals surface area (Å²) in [5, 5.41) is 7.57. The summed E-state index contributed by atoms with van der Waals surface area (Å²) in [6.45, 7) is 0.612. The van der Waals surface area contributed by atoms with Crippen LogP contribution in [-0.4, -0.2) is 37.5 Å². The summed E-state index contributed by atoms with van der Waals surface area (Å²) < 4.78 is 14.3. The van der Waals surface area contributed by atoms with Crippen LogP contribution >= 0.6 is 0 Å². The number of halogens is 1. The van der Waals surface area contributed by atoms with Gasteiger partial charge in [-0.05, 0) is 37.1 Å². The zero-order chi connectivity index (χ0) is 19.1. The molecule has 6 nitrogen and oxygen atoms in total. The Morgan fingerprint density at radius 2 is 2.11 bits per heavy atom. The SMILES string of the molecule is O=C(c1cc2ccc(-c3cn[nH]c3)nc2[nH]1)N1CCC[C@@H]1c1ccccc1F. The van der Waals surface area contributed by atoms with Crippen LogP contribution in [-0.2, 0) is 0 Å². The molecule has 4 heterocycles. The smallest absolute Gasteiger partial charge is 0.270 e.